The van der Waals surface area contributed by atoms with Gasteiger partial charge < -0.3 is 19.3 Å². The van der Waals surface area contributed by atoms with Gasteiger partial charge in [-0.3, -0.25) is 4.79 Å². The summed E-state index contributed by atoms with van der Waals surface area (Å²) in [7, 11) is 1.64. The number of aromatic nitrogens is 2. The summed E-state index contributed by atoms with van der Waals surface area (Å²) in [4.78, 5) is 25.5. The Morgan fingerprint density at radius 1 is 0.969 bits per heavy atom. The summed E-state index contributed by atoms with van der Waals surface area (Å²) in [6.45, 7) is 4.17. The molecule has 1 fully saturated rings. The normalized spacial score (nSPS) is 14.7. The van der Waals surface area contributed by atoms with Crippen LogP contribution >= 0.6 is 0 Å². The first kappa shape index (κ1) is 21.5. The Hall–Kier alpha value is -3.68. The van der Waals surface area contributed by atoms with E-state index in [4.69, 9.17) is 9.47 Å². The number of amides is 1. The number of carbonyl (C=O) groups is 1. The van der Waals surface area contributed by atoms with Gasteiger partial charge in [0.15, 0.2) is 6.10 Å². The predicted molar refractivity (Wildman–Crippen MR) is 119 cm³/mol. The van der Waals surface area contributed by atoms with Crippen molar-refractivity contribution in [2.75, 3.05) is 38.2 Å². The molecule has 0 bridgehead atoms. The number of hydrogen-bond acceptors (Lipinski definition) is 6. The van der Waals surface area contributed by atoms with Crippen LogP contribution in [0.4, 0.5) is 10.2 Å². The van der Waals surface area contributed by atoms with Crippen LogP contribution < -0.4 is 14.4 Å². The van der Waals surface area contributed by atoms with Crippen LogP contribution in [0.3, 0.4) is 0 Å². The van der Waals surface area contributed by atoms with Crippen molar-refractivity contribution in [2.45, 2.75) is 13.0 Å². The van der Waals surface area contributed by atoms with Gasteiger partial charge in [0.25, 0.3) is 5.91 Å². The molecule has 1 aliphatic heterocycles. The van der Waals surface area contributed by atoms with Crippen LogP contribution in [-0.4, -0.2) is 60.2 Å². The molecule has 1 aromatic heterocycles. The maximum atomic E-state index is 13.1. The van der Waals surface area contributed by atoms with E-state index >= 15 is 0 Å². The van der Waals surface area contributed by atoms with Crippen molar-refractivity contribution in [3.05, 3.63) is 66.7 Å². The number of piperazine rings is 1. The Balaban J connectivity index is 1.35. The number of halogens is 1. The molecule has 7 nitrogen and oxygen atoms in total. The number of ether oxygens (including phenoxy) is 2. The van der Waals surface area contributed by atoms with Gasteiger partial charge in [-0.15, -0.1) is 0 Å². The first-order chi connectivity index (χ1) is 15.5. The van der Waals surface area contributed by atoms with E-state index < -0.39 is 6.10 Å². The molecule has 0 aliphatic carbocycles. The van der Waals surface area contributed by atoms with Crippen LogP contribution in [0.1, 0.15) is 6.92 Å². The smallest absolute Gasteiger partial charge is 0.263 e. The van der Waals surface area contributed by atoms with Crippen molar-refractivity contribution in [3.63, 3.8) is 0 Å². The van der Waals surface area contributed by atoms with Gasteiger partial charge in [0.2, 0.25) is 0 Å². The topological polar surface area (TPSA) is 67.8 Å². The van der Waals surface area contributed by atoms with Crippen molar-refractivity contribution in [1.29, 1.82) is 0 Å². The maximum absolute atomic E-state index is 13.1. The Morgan fingerprint density at radius 3 is 2.28 bits per heavy atom. The van der Waals surface area contributed by atoms with Gasteiger partial charge in [0, 0.05) is 37.8 Å². The van der Waals surface area contributed by atoms with Gasteiger partial charge in [0.1, 0.15) is 29.5 Å². The van der Waals surface area contributed by atoms with Crippen molar-refractivity contribution in [3.8, 4) is 22.8 Å². The van der Waals surface area contributed by atoms with Gasteiger partial charge in [0.05, 0.1) is 12.8 Å². The van der Waals surface area contributed by atoms with Crippen LogP contribution in [0.5, 0.6) is 11.5 Å². The van der Waals surface area contributed by atoms with Crippen molar-refractivity contribution in [1.82, 2.24) is 14.9 Å². The number of rotatable bonds is 6. The highest BCUT2D eigenvalue weighted by Gasteiger charge is 2.26. The molecule has 4 rings (SSSR count). The lowest BCUT2D eigenvalue weighted by Gasteiger charge is -2.36. The minimum atomic E-state index is -0.646. The van der Waals surface area contributed by atoms with E-state index in [0.29, 0.717) is 31.9 Å². The second-order valence-electron chi connectivity index (χ2n) is 7.52. The standard InChI is InChI=1S/C24H25FN4O3/c1-17(32-21-9-5-19(25)6-10-21)24(30)29-13-11-28(12-14-29)23-15-22(26-16-27-23)18-3-7-20(31-2)8-4-18/h3-10,15-17H,11-14H2,1-2H3. The summed E-state index contributed by atoms with van der Waals surface area (Å²) in [5, 5.41) is 0. The molecule has 1 amide bonds. The van der Waals surface area contributed by atoms with E-state index in [1.165, 1.54) is 24.3 Å². The van der Waals surface area contributed by atoms with Crippen molar-refractivity contribution in [2.24, 2.45) is 0 Å². The Kier molecular flexibility index (Phi) is 6.49. The van der Waals surface area contributed by atoms with Crippen LogP contribution in [0.15, 0.2) is 60.9 Å². The summed E-state index contributed by atoms with van der Waals surface area (Å²) >= 11 is 0. The summed E-state index contributed by atoms with van der Waals surface area (Å²) in [5.41, 5.74) is 1.81. The zero-order valence-corrected chi connectivity index (χ0v) is 18.1. The third-order valence-electron chi connectivity index (χ3n) is 5.43. The van der Waals surface area contributed by atoms with Gasteiger partial charge in [-0.25, -0.2) is 14.4 Å². The molecule has 2 heterocycles. The molecule has 3 aromatic rings. The molecule has 166 valence electrons. The molecule has 8 heteroatoms. The fraction of sp³-hybridized carbons (Fsp3) is 0.292. The van der Waals surface area contributed by atoms with Gasteiger partial charge in [-0.1, -0.05) is 0 Å². The molecule has 0 saturated carbocycles. The lowest BCUT2D eigenvalue weighted by Crippen LogP contribution is -2.52. The molecule has 1 atom stereocenters. The zero-order valence-electron chi connectivity index (χ0n) is 18.1. The van der Waals surface area contributed by atoms with E-state index in [1.807, 2.05) is 30.3 Å². The average molecular weight is 436 g/mol. The van der Waals surface area contributed by atoms with E-state index in [-0.39, 0.29) is 11.7 Å². The molecule has 32 heavy (non-hydrogen) atoms. The molecule has 1 aliphatic rings. The lowest BCUT2D eigenvalue weighted by molar-refractivity contribution is -0.138. The number of carbonyl (C=O) groups excluding carboxylic acids is 1. The van der Waals surface area contributed by atoms with Crippen molar-refractivity contribution >= 4 is 11.7 Å². The summed E-state index contributed by atoms with van der Waals surface area (Å²) < 4.78 is 23.9. The SMILES string of the molecule is COc1ccc(-c2cc(N3CCN(C(=O)C(C)Oc4ccc(F)cc4)CC3)ncn2)cc1. The van der Waals surface area contributed by atoms with Gasteiger partial charge in [-0.05, 0) is 55.5 Å². The number of nitrogens with zero attached hydrogens (tertiary/aromatic N) is 4. The Labute approximate surface area is 186 Å². The number of anilines is 1. The molecular weight excluding hydrogens is 411 g/mol. The molecule has 2 aromatic carbocycles. The number of methoxy groups -OCH3 is 1. The largest absolute Gasteiger partial charge is 0.497 e. The highest BCUT2D eigenvalue weighted by molar-refractivity contribution is 5.81. The second kappa shape index (κ2) is 9.64. The lowest BCUT2D eigenvalue weighted by atomic mass is 10.1. The third-order valence-corrected chi connectivity index (χ3v) is 5.43. The third kappa shape index (κ3) is 4.96. The number of benzene rings is 2. The minimum absolute atomic E-state index is 0.0874. The number of hydrogen-bond donors (Lipinski definition) is 0. The van der Waals surface area contributed by atoms with Crippen LogP contribution in [0, 0.1) is 5.82 Å². The molecule has 0 radical (unpaired) electrons. The molecule has 1 unspecified atom stereocenters. The van der Waals surface area contributed by atoms with Gasteiger partial charge >= 0.3 is 0 Å². The van der Waals surface area contributed by atoms with E-state index in [2.05, 4.69) is 14.9 Å². The predicted octanol–water partition coefficient (Wildman–Crippen LogP) is 3.41. The van der Waals surface area contributed by atoms with Crippen molar-refractivity contribution < 1.29 is 18.7 Å². The minimum Gasteiger partial charge on any atom is -0.497 e. The van der Waals surface area contributed by atoms with Gasteiger partial charge in [-0.2, -0.15) is 0 Å². The fourth-order valence-electron chi connectivity index (χ4n) is 3.62. The van der Waals surface area contributed by atoms with Crippen LogP contribution in [-0.2, 0) is 4.79 Å². The quantitative estimate of drug-likeness (QED) is 0.590. The fourth-order valence-corrected chi connectivity index (χ4v) is 3.62. The maximum Gasteiger partial charge on any atom is 0.263 e. The first-order valence-corrected chi connectivity index (χ1v) is 10.5. The molecule has 0 N–H and O–H groups in total. The molecular formula is C24H25FN4O3. The molecule has 1 saturated heterocycles. The van der Waals surface area contributed by atoms with Crippen LogP contribution in [0.25, 0.3) is 11.3 Å². The summed E-state index contributed by atoms with van der Waals surface area (Å²) in [6.07, 6.45) is 0.915. The highest BCUT2D eigenvalue weighted by Crippen LogP contribution is 2.24. The zero-order chi connectivity index (χ0) is 22.5. The van der Waals surface area contributed by atoms with E-state index in [9.17, 15) is 9.18 Å². The average Bonchev–Trinajstić information content (AvgIpc) is 2.85. The summed E-state index contributed by atoms with van der Waals surface area (Å²) in [5.74, 6) is 1.66. The Morgan fingerprint density at radius 2 is 1.62 bits per heavy atom. The molecule has 0 spiro atoms. The van der Waals surface area contributed by atoms with E-state index in [0.717, 1.165) is 22.8 Å². The Bertz CT molecular complexity index is 1050. The summed E-state index contributed by atoms with van der Waals surface area (Å²) in [6, 6.07) is 15.3. The monoisotopic (exact) mass is 436 g/mol. The second-order valence-corrected chi connectivity index (χ2v) is 7.52. The first-order valence-electron chi connectivity index (χ1n) is 10.5. The van der Waals surface area contributed by atoms with E-state index in [1.54, 1.807) is 25.3 Å². The highest BCUT2D eigenvalue weighted by atomic mass is 19.1. The van der Waals surface area contributed by atoms with Crippen LogP contribution in [0.2, 0.25) is 0 Å².